The van der Waals surface area contributed by atoms with Gasteiger partial charge < -0.3 is 4.84 Å². The number of rotatable bonds is 0. The number of benzene rings is 1. The van der Waals surface area contributed by atoms with Gasteiger partial charge in [-0.3, -0.25) is 0 Å². The Labute approximate surface area is 65.4 Å². The van der Waals surface area contributed by atoms with E-state index in [1.54, 1.807) is 0 Å². The van der Waals surface area contributed by atoms with E-state index in [4.69, 9.17) is 4.84 Å². The van der Waals surface area contributed by atoms with Gasteiger partial charge in [-0.05, 0) is 6.07 Å². The summed E-state index contributed by atoms with van der Waals surface area (Å²) in [6.07, 6.45) is 4.08. The molecule has 0 spiro atoms. The summed E-state index contributed by atoms with van der Waals surface area (Å²) in [5.41, 5.74) is 3.94. The van der Waals surface area contributed by atoms with Crippen LogP contribution < -0.4 is 10.3 Å². The zero-order valence-corrected chi connectivity index (χ0v) is 6.08. The number of hydrogen-bond donors (Lipinski definition) is 1. The molecule has 1 aromatic carbocycles. The molecule has 0 radical (unpaired) electrons. The van der Waals surface area contributed by atoms with E-state index in [1.165, 1.54) is 0 Å². The van der Waals surface area contributed by atoms with Crippen molar-refractivity contribution < 1.29 is 4.84 Å². The highest BCUT2D eigenvalue weighted by Gasteiger charge is 2.00. The van der Waals surface area contributed by atoms with E-state index < -0.39 is 0 Å². The summed E-state index contributed by atoms with van der Waals surface area (Å²) in [4.78, 5) is 5.24. The maximum Gasteiger partial charge on any atom is 0.154 e. The number of hydrogen-bond acceptors (Lipinski definition) is 2. The van der Waals surface area contributed by atoms with Crippen LogP contribution in [0, 0.1) is 0 Å². The van der Waals surface area contributed by atoms with Crippen molar-refractivity contribution in [3.8, 4) is 5.75 Å². The molecule has 0 atom stereocenters. The molecule has 0 fully saturated rings. The van der Waals surface area contributed by atoms with Crippen molar-refractivity contribution in [1.29, 1.82) is 0 Å². The van der Waals surface area contributed by atoms with Gasteiger partial charge in [0.1, 0.15) is 0 Å². The molecule has 1 N–H and O–H groups in total. The molecule has 1 heterocycles. The largest absolute Gasteiger partial charge is 0.408 e. The Hall–Kier alpha value is -1.28. The predicted molar refractivity (Wildman–Crippen MR) is 44.1 cm³/mol. The van der Waals surface area contributed by atoms with Gasteiger partial charge in [-0.1, -0.05) is 30.4 Å². The van der Waals surface area contributed by atoms with E-state index in [-0.39, 0.29) is 0 Å². The lowest BCUT2D eigenvalue weighted by Gasteiger charge is -2.03. The number of nitrogens with one attached hydrogen (secondary N) is 1. The maximum absolute atomic E-state index is 5.24. The summed E-state index contributed by atoms with van der Waals surface area (Å²) >= 11 is 0. The smallest absolute Gasteiger partial charge is 0.154 e. The molecule has 0 bridgehead atoms. The molecule has 1 aliphatic rings. The van der Waals surface area contributed by atoms with Crippen LogP contribution in [0.3, 0.4) is 0 Å². The Kier molecular flexibility index (Phi) is 1.61. The average molecular weight is 147 g/mol. The van der Waals surface area contributed by atoms with Crippen molar-refractivity contribution in [2.24, 2.45) is 0 Å². The van der Waals surface area contributed by atoms with Gasteiger partial charge in [-0.2, -0.15) is 5.48 Å². The minimum Gasteiger partial charge on any atom is -0.408 e. The Balaban J connectivity index is 2.45. The van der Waals surface area contributed by atoms with E-state index in [9.17, 15) is 0 Å². The van der Waals surface area contributed by atoms with Crippen molar-refractivity contribution in [2.45, 2.75) is 0 Å². The summed E-state index contributed by atoms with van der Waals surface area (Å²) in [5.74, 6) is 0.890. The first-order valence-electron chi connectivity index (χ1n) is 3.62. The third kappa shape index (κ3) is 1.25. The normalized spacial score (nSPS) is 14.9. The van der Waals surface area contributed by atoms with E-state index in [2.05, 4.69) is 11.6 Å². The van der Waals surface area contributed by atoms with E-state index >= 15 is 0 Å². The molecule has 0 saturated carbocycles. The Morgan fingerprint density at radius 3 is 3.18 bits per heavy atom. The summed E-state index contributed by atoms with van der Waals surface area (Å²) in [5, 5.41) is 0. The molecule has 0 amide bonds. The van der Waals surface area contributed by atoms with E-state index in [0.29, 0.717) is 0 Å². The van der Waals surface area contributed by atoms with Crippen LogP contribution in [-0.2, 0) is 0 Å². The molecule has 2 heteroatoms. The standard InChI is InChI=1S/C9H9NO/c1-2-6-9-8(4-1)5-3-7-10-11-9/h1-6,10H,7H2. The zero-order chi connectivity index (χ0) is 7.52. The predicted octanol–water partition coefficient (Wildman–Crippen LogP) is 1.60. The maximum atomic E-state index is 5.24. The monoisotopic (exact) mass is 147 g/mol. The topological polar surface area (TPSA) is 21.3 Å². The first kappa shape index (κ1) is 6.43. The molecule has 56 valence electrons. The molecule has 0 aromatic heterocycles. The van der Waals surface area contributed by atoms with Gasteiger partial charge in [0.15, 0.2) is 5.75 Å². The van der Waals surface area contributed by atoms with Crippen molar-refractivity contribution in [2.75, 3.05) is 6.54 Å². The van der Waals surface area contributed by atoms with Gasteiger partial charge in [0, 0.05) is 5.56 Å². The lowest BCUT2D eigenvalue weighted by molar-refractivity contribution is 0.210. The fraction of sp³-hybridized carbons (Fsp3) is 0.111. The van der Waals surface area contributed by atoms with E-state index in [0.717, 1.165) is 17.9 Å². The number of hydroxylamine groups is 1. The molecular weight excluding hydrogens is 138 g/mol. The van der Waals surface area contributed by atoms with Crippen molar-refractivity contribution in [3.05, 3.63) is 35.9 Å². The minimum atomic E-state index is 0.759. The van der Waals surface area contributed by atoms with E-state index in [1.807, 2.05) is 30.3 Å². The molecule has 0 saturated heterocycles. The van der Waals surface area contributed by atoms with Crippen LogP contribution in [0.5, 0.6) is 5.75 Å². The zero-order valence-electron chi connectivity index (χ0n) is 6.08. The SMILES string of the molecule is C1=Cc2ccccc2ONC1. The summed E-state index contributed by atoms with van der Waals surface area (Å²) in [7, 11) is 0. The Bertz CT molecular complexity index is 281. The van der Waals surface area contributed by atoms with Crippen molar-refractivity contribution in [3.63, 3.8) is 0 Å². The van der Waals surface area contributed by atoms with Gasteiger partial charge in [-0.15, -0.1) is 0 Å². The summed E-state index contributed by atoms with van der Waals surface area (Å²) in [6.45, 7) is 0.759. The highest BCUT2D eigenvalue weighted by atomic mass is 16.6. The number of para-hydroxylation sites is 1. The molecule has 1 aromatic rings. The second-order valence-corrected chi connectivity index (χ2v) is 2.39. The average Bonchev–Trinajstić information content (AvgIpc) is 2.28. The summed E-state index contributed by atoms with van der Waals surface area (Å²) < 4.78 is 0. The van der Waals surface area contributed by atoms with Gasteiger partial charge in [0.2, 0.25) is 0 Å². The molecule has 1 aliphatic heterocycles. The highest BCUT2D eigenvalue weighted by molar-refractivity contribution is 5.57. The molecule has 0 unspecified atom stereocenters. The molecule has 2 rings (SSSR count). The third-order valence-corrected chi connectivity index (χ3v) is 1.60. The quantitative estimate of drug-likeness (QED) is 0.601. The van der Waals surface area contributed by atoms with Crippen molar-refractivity contribution >= 4 is 6.08 Å². The highest BCUT2D eigenvalue weighted by Crippen LogP contribution is 2.19. The summed E-state index contributed by atoms with van der Waals surface area (Å²) in [6, 6.07) is 7.92. The molecule has 2 nitrogen and oxygen atoms in total. The fourth-order valence-electron chi connectivity index (χ4n) is 1.06. The van der Waals surface area contributed by atoms with Gasteiger partial charge in [0.05, 0.1) is 6.54 Å². The van der Waals surface area contributed by atoms with Crippen LogP contribution in [0.4, 0.5) is 0 Å². The Morgan fingerprint density at radius 2 is 2.18 bits per heavy atom. The molecule has 0 aliphatic carbocycles. The second-order valence-electron chi connectivity index (χ2n) is 2.39. The van der Waals surface area contributed by atoms with Crippen LogP contribution >= 0.6 is 0 Å². The first-order chi connectivity index (χ1) is 5.47. The van der Waals surface area contributed by atoms with Gasteiger partial charge >= 0.3 is 0 Å². The van der Waals surface area contributed by atoms with Crippen molar-refractivity contribution in [1.82, 2.24) is 5.48 Å². The first-order valence-corrected chi connectivity index (χ1v) is 3.62. The van der Waals surface area contributed by atoms with Crippen LogP contribution in [0.1, 0.15) is 5.56 Å². The minimum absolute atomic E-state index is 0.759. The third-order valence-electron chi connectivity index (χ3n) is 1.60. The van der Waals surface area contributed by atoms with Gasteiger partial charge in [0.25, 0.3) is 0 Å². The fourth-order valence-corrected chi connectivity index (χ4v) is 1.06. The van der Waals surface area contributed by atoms with Crippen LogP contribution in [-0.4, -0.2) is 6.54 Å². The Morgan fingerprint density at radius 1 is 1.27 bits per heavy atom. The van der Waals surface area contributed by atoms with Crippen LogP contribution in [0.15, 0.2) is 30.3 Å². The second kappa shape index (κ2) is 2.76. The molecule has 11 heavy (non-hydrogen) atoms. The lowest BCUT2D eigenvalue weighted by atomic mass is 10.2. The van der Waals surface area contributed by atoms with Crippen LogP contribution in [0.25, 0.3) is 6.08 Å². The van der Waals surface area contributed by atoms with Crippen LogP contribution in [0.2, 0.25) is 0 Å². The lowest BCUT2D eigenvalue weighted by Crippen LogP contribution is -2.16. The molecular formula is C9H9NO. The number of fused-ring (bicyclic) bond motifs is 1. The van der Waals surface area contributed by atoms with Gasteiger partial charge in [-0.25, -0.2) is 0 Å².